The molecule has 1 aliphatic carbocycles. The number of nitrogens with zero attached hydrogens (tertiary/aromatic N) is 2. The molecule has 332 valence electrons. The van der Waals surface area contributed by atoms with Gasteiger partial charge < -0.3 is 9.80 Å². The standard InChI is InChI=1S/C69H46N2/c1-5-17-47(18-6-1)49-31-35-56(36-32-49)70(57-37-33-50(34-38-57)48-19-7-2-8-20-48)58-39-41-60-61-42-40-59(46-65(61)69(64(60)45-58,54-25-9-3-10-26-54)55-27-11-4-12-28-55)71-66-30-16-24-51-23-15-29-62(68(51)66)63-43-52-21-13-14-22-53(52)44-67(63)71/h1-46H. The fraction of sp³-hybridized carbons (Fsp3) is 0.0145. The van der Waals surface area contributed by atoms with E-state index in [9.17, 15) is 0 Å². The maximum Gasteiger partial charge on any atom is 0.0715 e. The van der Waals surface area contributed by atoms with E-state index in [0.717, 1.165) is 22.7 Å². The minimum absolute atomic E-state index is 0.662. The minimum atomic E-state index is -0.662. The summed E-state index contributed by atoms with van der Waals surface area (Å²) in [6, 6.07) is 103. The molecule has 1 heterocycles. The van der Waals surface area contributed by atoms with Crippen molar-refractivity contribution < 1.29 is 0 Å². The van der Waals surface area contributed by atoms with Gasteiger partial charge in [0.25, 0.3) is 0 Å². The molecule has 0 amide bonds. The van der Waals surface area contributed by atoms with Crippen molar-refractivity contribution >= 4 is 55.7 Å². The van der Waals surface area contributed by atoms with Gasteiger partial charge in [-0.25, -0.2) is 0 Å². The van der Waals surface area contributed by atoms with E-state index in [1.807, 2.05) is 0 Å². The molecular formula is C69H46N2. The van der Waals surface area contributed by atoms with Gasteiger partial charge in [-0.15, -0.1) is 0 Å². The maximum absolute atomic E-state index is 2.52. The summed E-state index contributed by atoms with van der Waals surface area (Å²) in [6.07, 6.45) is 0. The van der Waals surface area contributed by atoms with Crippen molar-refractivity contribution in [2.24, 2.45) is 0 Å². The topological polar surface area (TPSA) is 6.48 Å². The quantitative estimate of drug-likeness (QED) is 0.150. The zero-order chi connectivity index (χ0) is 46.9. The Labute approximate surface area is 414 Å². The van der Waals surface area contributed by atoms with Crippen LogP contribution in [0.5, 0.6) is 0 Å². The second-order valence-corrected chi connectivity index (χ2v) is 18.8. The lowest BCUT2D eigenvalue weighted by atomic mass is 9.67. The second-order valence-electron chi connectivity index (χ2n) is 18.8. The van der Waals surface area contributed by atoms with E-state index < -0.39 is 5.41 Å². The number of rotatable bonds is 8. The molecule has 2 heteroatoms. The SMILES string of the molecule is c1ccc(-c2ccc(N(c3ccc(-c4ccccc4)cc3)c3ccc4c(c3)C(c3ccccc3)(c3ccccc3)c3cc(N5c6cc7ccccc7cc6-c6cccc7cccc5c67)ccc3-4)cc2)cc1. The summed E-state index contributed by atoms with van der Waals surface area (Å²) in [5, 5.41) is 4.98. The molecule has 0 saturated carbocycles. The lowest BCUT2D eigenvalue weighted by Crippen LogP contribution is -2.29. The highest BCUT2D eigenvalue weighted by atomic mass is 15.2. The highest BCUT2D eigenvalue weighted by Gasteiger charge is 2.47. The first-order valence-electron chi connectivity index (χ1n) is 24.6. The van der Waals surface area contributed by atoms with E-state index in [0.29, 0.717) is 0 Å². The summed E-state index contributed by atoms with van der Waals surface area (Å²) in [5.41, 5.74) is 20.8. The lowest BCUT2D eigenvalue weighted by Gasteiger charge is -2.37. The molecule has 0 bridgehead atoms. The van der Waals surface area contributed by atoms with E-state index in [4.69, 9.17) is 0 Å². The van der Waals surface area contributed by atoms with Gasteiger partial charge >= 0.3 is 0 Å². The summed E-state index contributed by atoms with van der Waals surface area (Å²) in [6.45, 7) is 0. The second kappa shape index (κ2) is 16.5. The van der Waals surface area contributed by atoms with Gasteiger partial charge in [-0.3, -0.25) is 0 Å². The Bertz CT molecular complexity index is 3830. The third-order valence-electron chi connectivity index (χ3n) is 15.0. The Morgan fingerprint density at radius 2 is 0.746 bits per heavy atom. The molecule has 0 saturated heterocycles. The highest BCUT2D eigenvalue weighted by molar-refractivity contribution is 6.15. The first kappa shape index (κ1) is 40.8. The first-order chi connectivity index (χ1) is 35.2. The van der Waals surface area contributed by atoms with Crippen LogP contribution >= 0.6 is 0 Å². The number of anilines is 6. The molecule has 0 aromatic heterocycles. The van der Waals surface area contributed by atoms with E-state index in [2.05, 4.69) is 289 Å². The van der Waals surface area contributed by atoms with E-state index in [1.54, 1.807) is 0 Å². The molecule has 2 aliphatic rings. The average Bonchev–Trinajstić information content (AvgIpc) is 3.74. The van der Waals surface area contributed by atoms with Crippen molar-refractivity contribution in [1.82, 2.24) is 0 Å². The smallest absolute Gasteiger partial charge is 0.0715 e. The van der Waals surface area contributed by atoms with Gasteiger partial charge in [-0.2, -0.15) is 0 Å². The lowest BCUT2D eigenvalue weighted by molar-refractivity contribution is 0.768. The molecule has 0 unspecified atom stereocenters. The number of hydrogen-bond acceptors (Lipinski definition) is 2. The average molecular weight is 903 g/mol. The van der Waals surface area contributed by atoms with Gasteiger partial charge in [0.15, 0.2) is 0 Å². The van der Waals surface area contributed by atoms with Crippen LogP contribution in [0.15, 0.2) is 279 Å². The highest BCUT2D eigenvalue weighted by Crippen LogP contribution is 2.60. The van der Waals surface area contributed by atoms with Crippen LogP contribution in [-0.4, -0.2) is 0 Å². The summed E-state index contributed by atoms with van der Waals surface area (Å²) in [4.78, 5) is 4.94. The minimum Gasteiger partial charge on any atom is -0.310 e. The zero-order valence-electron chi connectivity index (χ0n) is 39.0. The molecule has 0 spiro atoms. The maximum atomic E-state index is 2.52. The third-order valence-corrected chi connectivity index (χ3v) is 15.0. The molecule has 0 atom stereocenters. The molecule has 12 aromatic carbocycles. The Kier molecular flexibility index (Phi) is 9.47. The van der Waals surface area contributed by atoms with E-state index in [-0.39, 0.29) is 0 Å². The molecule has 0 radical (unpaired) electrons. The van der Waals surface area contributed by atoms with Crippen LogP contribution < -0.4 is 9.80 Å². The van der Waals surface area contributed by atoms with Crippen LogP contribution in [0.2, 0.25) is 0 Å². The van der Waals surface area contributed by atoms with Gasteiger partial charge in [0.2, 0.25) is 0 Å². The van der Waals surface area contributed by atoms with Crippen LogP contribution in [0.3, 0.4) is 0 Å². The Morgan fingerprint density at radius 3 is 1.34 bits per heavy atom. The fourth-order valence-electron chi connectivity index (χ4n) is 11.8. The molecule has 0 fully saturated rings. The number of fused-ring (bicyclic) bond motifs is 6. The molecule has 71 heavy (non-hydrogen) atoms. The van der Waals surface area contributed by atoms with Crippen LogP contribution in [0.25, 0.3) is 66.1 Å². The monoisotopic (exact) mass is 902 g/mol. The van der Waals surface area contributed by atoms with Crippen LogP contribution in [0.4, 0.5) is 34.1 Å². The van der Waals surface area contributed by atoms with Crippen molar-refractivity contribution in [3.63, 3.8) is 0 Å². The predicted octanol–water partition coefficient (Wildman–Crippen LogP) is 18.6. The fourth-order valence-corrected chi connectivity index (χ4v) is 11.8. The normalized spacial score (nSPS) is 12.9. The van der Waals surface area contributed by atoms with Crippen molar-refractivity contribution in [2.75, 3.05) is 9.80 Å². The van der Waals surface area contributed by atoms with Gasteiger partial charge in [0.1, 0.15) is 0 Å². The predicted molar refractivity (Wildman–Crippen MR) is 298 cm³/mol. The summed E-state index contributed by atoms with van der Waals surface area (Å²) < 4.78 is 0. The van der Waals surface area contributed by atoms with Crippen LogP contribution in [-0.2, 0) is 5.41 Å². The Balaban J connectivity index is 0.996. The van der Waals surface area contributed by atoms with E-state index >= 15 is 0 Å². The van der Waals surface area contributed by atoms with Gasteiger partial charge in [-0.1, -0.05) is 212 Å². The number of benzene rings is 12. The number of hydrogen-bond donors (Lipinski definition) is 0. The van der Waals surface area contributed by atoms with Crippen molar-refractivity contribution in [2.45, 2.75) is 5.41 Å². The largest absolute Gasteiger partial charge is 0.310 e. The molecule has 2 nitrogen and oxygen atoms in total. The van der Waals surface area contributed by atoms with Crippen molar-refractivity contribution in [3.05, 3.63) is 301 Å². The van der Waals surface area contributed by atoms with Gasteiger partial charge in [-0.05, 0) is 144 Å². The molecular weight excluding hydrogens is 857 g/mol. The summed E-state index contributed by atoms with van der Waals surface area (Å²) in [7, 11) is 0. The molecule has 12 aromatic rings. The van der Waals surface area contributed by atoms with E-state index in [1.165, 1.54) is 99.7 Å². The van der Waals surface area contributed by atoms with Gasteiger partial charge in [0.05, 0.1) is 16.8 Å². The van der Waals surface area contributed by atoms with Crippen molar-refractivity contribution in [3.8, 4) is 44.5 Å². The van der Waals surface area contributed by atoms with Gasteiger partial charge in [0, 0.05) is 33.7 Å². The third kappa shape index (κ3) is 6.49. The molecule has 14 rings (SSSR count). The zero-order valence-corrected chi connectivity index (χ0v) is 39.0. The molecule has 0 N–H and O–H groups in total. The van der Waals surface area contributed by atoms with Crippen molar-refractivity contribution in [1.29, 1.82) is 0 Å². The Hall–Kier alpha value is -9.24. The summed E-state index contributed by atoms with van der Waals surface area (Å²) >= 11 is 0. The molecule has 1 aliphatic heterocycles. The van der Waals surface area contributed by atoms with Crippen LogP contribution in [0, 0.1) is 0 Å². The first-order valence-corrected chi connectivity index (χ1v) is 24.6. The Morgan fingerprint density at radius 1 is 0.282 bits per heavy atom. The summed E-state index contributed by atoms with van der Waals surface area (Å²) in [5.74, 6) is 0. The van der Waals surface area contributed by atoms with Crippen LogP contribution in [0.1, 0.15) is 22.3 Å².